The molecule has 3 aromatic rings. The number of oxime groups is 1. The van der Waals surface area contributed by atoms with Gasteiger partial charge < -0.3 is 19.9 Å². The van der Waals surface area contributed by atoms with E-state index in [1.165, 1.54) is 5.56 Å². The Balaban J connectivity index is 1.61. The molecule has 2 aromatic carbocycles. The molecule has 0 bridgehead atoms. The molecule has 156 valence electrons. The highest BCUT2D eigenvalue weighted by atomic mass is 16.6. The molecule has 0 amide bonds. The van der Waals surface area contributed by atoms with Gasteiger partial charge in [-0.05, 0) is 44.0 Å². The van der Waals surface area contributed by atoms with Crippen LogP contribution in [0.3, 0.4) is 0 Å². The summed E-state index contributed by atoms with van der Waals surface area (Å²) < 4.78 is 7.35. The van der Waals surface area contributed by atoms with Gasteiger partial charge >= 0.3 is 0 Å². The van der Waals surface area contributed by atoms with E-state index in [2.05, 4.69) is 21.9 Å². The van der Waals surface area contributed by atoms with Gasteiger partial charge in [0, 0.05) is 29.1 Å². The third kappa shape index (κ3) is 5.08. The number of Topliss-reactive ketones (excluding diaryl/α,β-unsaturated/α-hetero) is 1. The van der Waals surface area contributed by atoms with Crippen molar-refractivity contribution in [1.82, 2.24) is 4.57 Å². The fraction of sp³-hybridized carbons (Fsp3) is 0.250. The van der Waals surface area contributed by atoms with Crippen LogP contribution in [0.1, 0.15) is 32.9 Å². The summed E-state index contributed by atoms with van der Waals surface area (Å²) >= 11 is 0. The van der Waals surface area contributed by atoms with Gasteiger partial charge in [0.15, 0.2) is 12.4 Å². The van der Waals surface area contributed by atoms with E-state index in [9.17, 15) is 4.79 Å². The van der Waals surface area contributed by atoms with Crippen molar-refractivity contribution < 1.29 is 14.4 Å². The molecular weight excluding hydrogens is 378 g/mol. The molecule has 2 N–H and O–H groups in total. The first-order chi connectivity index (χ1) is 14.5. The van der Waals surface area contributed by atoms with Gasteiger partial charge in [0.2, 0.25) is 5.78 Å². The number of nitrogens with two attached hydrogens (primary N) is 1. The molecular formula is C24H27N3O3. The van der Waals surface area contributed by atoms with E-state index in [1.807, 2.05) is 62.4 Å². The number of methoxy groups -OCH3 is 1. The SMILES string of the molecule is COc1ccc(CCn2c(C)cc(C(=O)CO/N=C(\N)c3ccccc3)c2C)cc1. The predicted octanol–water partition coefficient (Wildman–Crippen LogP) is 3.88. The molecule has 1 heterocycles. The lowest BCUT2D eigenvalue weighted by Gasteiger charge is -2.10. The van der Waals surface area contributed by atoms with E-state index in [0.717, 1.165) is 35.7 Å². The summed E-state index contributed by atoms with van der Waals surface area (Å²) in [4.78, 5) is 17.8. The predicted molar refractivity (Wildman–Crippen MR) is 118 cm³/mol. The number of carbonyl (C=O) groups is 1. The van der Waals surface area contributed by atoms with Gasteiger partial charge in [0.05, 0.1) is 7.11 Å². The Bertz CT molecular complexity index is 1020. The lowest BCUT2D eigenvalue weighted by molar-refractivity contribution is 0.0775. The van der Waals surface area contributed by atoms with Crippen LogP contribution in [0.25, 0.3) is 0 Å². The van der Waals surface area contributed by atoms with Crippen LogP contribution in [-0.4, -0.2) is 29.9 Å². The first-order valence-electron chi connectivity index (χ1n) is 9.83. The summed E-state index contributed by atoms with van der Waals surface area (Å²) in [5.74, 6) is 0.965. The average molecular weight is 405 g/mol. The van der Waals surface area contributed by atoms with E-state index in [4.69, 9.17) is 15.3 Å². The normalized spacial score (nSPS) is 11.4. The summed E-state index contributed by atoms with van der Waals surface area (Å²) in [5.41, 5.74) is 10.5. The largest absolute Gasteiger partial charge is 0.497 e. The maximum Gasteiger partial charge on any atom is 0.204 e. The Morgan fingerprint density at radius 1 is 1.07 bits per heavy atom. The molecule has 30 heavy (non-hydrogen) atoms. The Labute approximate surface area is 176 Å². The Morgan fingerprint density at radius 3 is 2.43 bits per heavy atom. The third-order valence-corrected chi connectivity index (χ3v) is 5.09. The molecule has 0 saturated heterocycles. The highest BCUT2D eigenvalue weighted by molar-refractivity contribution is 5.99. The van der Waals surface area contributed by atoms with Crippen LogP contribution in [0.15, 0.2) is 65.8 Å². The van der Waals surface area contributed by atoms with Crippen molar-refractivity contribution in [2.45, 2.75) is 26.8 Å². The lowest BCUT2D eigenvalue weighted by Crippen LogP contribution is -2.15. The standard InChI is InChI=1S/C24H27N3O3/c1-17-15-22(23(28)16-30-26-24(25)20-7-5-4-6-8-20)18(2)27(17)14-13-19-9-11-21(29-3)12-10-19/h4-12,15H,13-14,16H2,1-3H3,(H2,25,26). The highest BCUT2D eigenvalue weighted by Crippen LogP contribution is 2.18. The molecule has 0 aliphatic heterocycles. The summed E-state index contributed by atoms with van der Waals surface area (Å²) in [6.07, 6.45) is 0.863. The molecule has 0 spiro atoms. The number of rotatable bonds is 9. The highest BCUT2D eigenvalue weighted by Gasteiger charge is 2.16. The minimum atomic E-state index is -0.156. The van der Waals surface area contributed by atoms with E-state index in [0.29, 0.717) is 5.56 Å². The van der Waals surface area contributed by atoms with Gasteiger partial charge in [0.1, 0.15) is 5.75 Å². The van der Waals surface area contributed by atoms with Gasteiger partial charge in [-0.25, -0.2) is 0 Å². The van der Waals surface area contributed by atoms with E-state index < -0.39 is 0 Å². The number of hydrogen-bond donors (Lipinski definition) is 1. The average Bonchev–Trinajstić information content (AvgIpc) is 3.06. The molecule has 0 aliphatic rings. The number of carbonyl (C=O) groups excluding carboxylic acids is 1. The van der Waals surface area contributed by atoms with Crippen LogP contribution < -0.4 is 10.5 Å². The fourth-order valence-corrected chi connectivity index (χ4v) is 3.36. The van der Waals surface area contributed by atoms with Crippen molar-refractivity contribution in [1.29, 1.82) is 0 Å². The smallest absolute Gasteiger partial charge is 0.204 e. The number of nitrogens with zero attached hydrogens (tertiary/aromatic N) is 2. The summed E-state index contributed by atoms with van der Waals surface area (Å²) in [6.45, 7) is 4.59. The van der Waals surface area contributed by atoms with Gasteiger partial charge in [-0.15, -0.1) is 0 Å². The molecule has 1 aromatic heterocycles. The molecule has 6 nitrogen and oxygen atoms in total. The molecule has 3 rings (SSSR count). The first kappa shape index (κ1) is 21.2. The van der Waals surface area contributed by atoms with Crippen molar-refractivity contribution in [3.05, 3.63) is 88.7 Å². The Morgan fingerprint density at radius 2 is 1.77 bits per heavy atom. The lowest BCUT2D eigenvalue weighted by atomic mass is 10.1. The van der Waals surface area contributed by atoms with Crippen LogP contribution in [0.5, 0.6) is 5.75 Å². The number of benzene rings is 2. The van der Waals surface area contributed by atoms with Crippen LogP contribution in [-0.2, 0) is 17.8 Å². The number of ether oxygens (including phenoxy) is 1. The quantitative estimate of drug-likeness (QED) is 0.254. The van der Waals surface area contributed by atoms with Crippen LogP contribution >= 0.6 is 0 Å². The second kappa shape index (κ2) is 9.78. The number of ketones is 1. The van der Waals surface area contributed by atoms with E-state index in [-0.39, 0.29) is 18.2 Å². The van der Waals surface area contributed by atoms with Crippen LogP contribution in [0.4, 0.5) is 0 Å². The van der Waals surface area contributed by atoms with Crippen molar-refractivity contribution in [3.63, 3.8) is 0 Å². The number of aromatic nitrogens is 1. The summed E-state index contributed by atoms with van der Waals surface area (Å²) in [5, 5.41) is 3.87. The second-order valence-corrected chi connectivity index (χ2v) is 7.07. The van der Waals surface area contributed by atoms with Gasteiger partial charge in [0.25, 0.3) is 0 Å². The van der Waals surface area contributed by atoms with Gasteiger partial charge in [-0.2, -0.15) is 0 Å². The first-order valence-corrected chi connectivity index (χ1v) is 9.83. The zero-order valence-corrected chi connectivity index (χ0v) is 17.6. The molecule has 0 fully saturated rings. The van der Waals surface area contributed by atoms with Crippen LogP contribution in [0.2, 0.25) is 0 Å². The van der Waals surface area contributed by atoms with E-state index in [1.54, 1.807) is 7.11 Å². The second-order valence-electron chi connectivity index (χ2n) is 7.07. The topological polar surface area (TPSA) is 78.8 Å². The molecule has 0 aliphatic carbocycles. The summed E-state index contributed by atoms with van der Waals surface area (Å²) in [7, 11) is 1.66. The van der Waals surface area contributed by atoms with Crippen molar-refractivity contribution >= 4 is 11.6 Å². The monoisotopic (exact) mass is 405 g/mol. The minimum absolute atomic E-state index is 0.122. The molecule has 0 atom stereocenters. The number of aryl methyl sites for hydroxylation is 2. The zero-order chi connectivity index (χ0) is 21.5. The maximum absolute atomic E-state index is 12.6. The zero-order valence-electron chi connectivity index (χ0n) is 17.6. The number of amidine groups is 1. The summed E-state index contributed by atoms with van der Waals surface area (Å²) in [6, 6.07) is 19.2. The maximum atomic E-state index is 12.6. The van der Waals surface area contributed by atoms with Gasteiger partial charge in [-0.3, -0.25) is 4.79 Å². The number of hydrogen-bond acceptors (Lipinski definition) is 4. The Kier molecular flexibility index (Phi) is 6.91. The minimum Gasteiger partial charge on any atom is -0.497 e. The molecule has 0 radical (unpaired) electrons. The third-order valence-electron chi connectivity index (χ3n) is 5.09. The molecule has 0 unspecified atom stereocenters. The van der Waals surface area contributed by atoms with Crippen molar-refractivity contribution in [2.75, 3.05) is 13.7 Å². The van der Waals surface area contributed by atoms with Crippen molar-refractivity contribution in [2.24, 2.45) is 10.9 Å². The van der Waals surface area contributed by atoms with E-state index >= 15 is 0 Å². The van der Waals surface area contributed by atoms with Crippen molar-refractivity contribution in [3.8, 4) is 5.75 Å². The molecule has 6 heteroatoms. The fourth-order valence-electron chi connectivity index (χ4n) is 3.36. The Hall–Kier alpha value is -3.54. The van der Waals surface area contributed by atoms with Crippen LogP contribution in [0, 0.1) is 13.8 Å². The molecule has 0 saturated carbocycles. The van der Waals surface area contributed by atoms with Gasteiger partial charge in [-0.1, -0.05) is 47.6 Å².